The molecule has 0 amide bonds. The SMILES string of the molecule is C[Si](F)(F)C(C#N)CCC#N. The first-order valence-corrected chi connectivity index (χ1v) is 5.50. The topological polar surface area (TPSA) is 47.6 Å². The Morgan fingerprint density at radius 2 is 2.00 bits per heavy atom. The second kappa shape index (κ2) is 4.04. The largest absolute Gasteiger partial charge is 0.438 e. The summed E-state index contributed by atoms with van der Waals surface area (Å²) in [5, 5.41) is 16.4. The molecule has 0 aromatic heterocycles. The van der Waals surface area contributed by atoms with Gasteiger partial charge in [-0.3, -0.25) is 8.22 Å². The lowest BCUT2D eigenvalue weighted by Gasteiger charge is -2.10. The summed E-state index contributed by atoms with van der Waals surface area (Å²) in [5.41, 5.74) is -1.19. The van der Waals surface area contributed by atoms with E-state index in [-0.39, 0.29) is 12.8 Å². The van der Waals surface area contributed by atoms with E-state index in [1.807, 2.05) is 0 Å². The molecule has 0 spiro atoms. The average molecular weight is 174 g/mol. The van der Waals surface area contributed by atoms with Crippen LogP contribution in [0.5, 0.6) is 0 Å². The molecule has 11 heavy (non-hydrogen) atoms. The maximum Gasteiger partial charge on any atom is 0.438 e. The van der Waals surface area contributed by atoms with Gasteiger partial charge in [-0.25, -0.2) is 0 Å². The number of hydrogen-bond donors (Lipinski definition) is 0. The molecule has 0 fully saturated rings. The standard InChI is InChI=1S/C6H8F2N2Si/c1-11(7,8)6(5-10)3-2-4-9/h6H,2-3H2,1H3. The van der Waals surface area contributed by atoms with E-state index in [1.54, 1.807) is 6.07 Å². The first-order valence-electron chi connectivity index (χ1n) is 3.16. The molecule has 0 N–H and O–H groups in total. The third-order valence-corrected chi connectivity index (χ3v) is 2.95. The zero-order valence-electron chi connectivity index (χ0n) is 6.14. The fourth-order valence-corrected chi connectivity index (χ4v) is 1.52. The summed E-state index contributed by atoms with van der Waals surface area (Å²) in [6.45, 7) is 0.832. The van der Waals surface area contributed by atoms with E-state index < -0.39 is 14.3 Å². The quantitative estimate of drug-likeness (QED) is 0.486. The first-order chi connectivity index (χ1) is 5.02. The van der Waals surface area contributed by atoms with Gasteiger partial charge in [0.25, 0.3) is 0 Å². The second-order valence-corrected chi connectivity index (χ2v) is 4.94. The predicted molar refractivity (Wildman–Crippen MR) is 38.0 cm³/mol. The number of hydrogen-bond acceptors (Lipinski definition) is 2. The molecule has 60 valence electrons. The average Bonchev–Trinajstić information content (AvgIpc) is 1.87. The summed E-state index contributed by atoms with van der Waals surface area (Å²) in [4.78, 5) is 0. The van der Waals surface area contributed by atoms with Crippen molar-refractivity contribution in [2.45, 2.75) is 24.9 Å². The molecule has 0 rings (SSSR count). The van der Waals surface area contributed by atoms with Crippen LogP contribution in [0.25, 0.3) is 0 Å². The zero-order valence-corrected chi connectivity index (χ0v) is 7.14. The van der Waals surface area contributed by atoms with Crippen LogP contribution in [0.15, 0.2) is 0 Å². The van der Waals surface area contributed by atoms with E-state index >= 15 is 0 Å². The number of halogens is 2. The van der Waals surface area contributed by atoms with E-state index in [0.717, 1.165) is 6.55 Å². The van der Waals surface area contributed by atoms with Crippen molar-refractivity contribution >= 4 is 8.74 Å². The van der Waals surface area contributed by atoms with Gasteiger partial charge in [0.2, 0.25) is 0 Å². The third kappa shape index (κ3) is 3.69. The number of nitrogens with zero attached hydrogens (tertiary/aromatic N) is 2. The molecular formula is C6H8F2N2Si. The molecule has 1 atom stereocenters. The van der Waals surface area contributed by atoms with Gasteiger partial charge in [0.15, 0.2) is 0 Å². The van der Waals surface area contributed by atoms with Crippen LogP contribution in [0.1, 0.15) is 12.8 Å². The minimum atomic E-state index is -4.34. The Kier molecular flexibility index (Phi) is 3.70. The van der Waals surface area contributed by atoms with Crippen molar-refractivity contribution < 1.29 is 8.22 Å². The van der Waals surface area contributed by atoms with Gasteiger partial charge in [0.1, 0.15) is 0 Å². The fraction of sp³-hybridized carbons (Fsp3) is 0.667. The Morgan fingerprint density at radius 3 is 2.27 bits per heavy atom. The third-order valence-electron chi connectivity index (χ3n) is 1.31. The summed E-state index contributed by atoms with van der Waals surface area (Å²) < 4.78 is 25.0. The maximum absolute atomic E-state index is 12.5. The van der Waals surface area contributed by atoms with Crippen molar-refractivity contribution in [2.24, 2.45) is 0 Å². The molecule has 5 heteroatoms. The van der Waals surface area contributed by atoms with Gasteiger partial charge in [-0.2, -0.15) is 10.5 Å². The van der Waals surface area contributed by atoms with Gasteiger partial charge < -0.3 is 0 Å². The van der Waals surface area contributed by atoms with Crippen molar-refractivity contribution in [2.75, 3.05) is 0 Å². The molecule has 2 nitrogen and oxygen atoms in total. The van der Waals surface area contributed by atoms with Gasteiger partial charge in [0.05, 0.1) is 17.7 Å². The van der Waals surface area contributed by atoms with Gasteiger partial charge in [0, 0.05) is 6.42 Å². The molecule has 0 aromatic carbocycles. The van der Waals surface area contributed by atoms with E-state index in [4.69, 9.17) is 10.5 Å². The van der Waals surface area contributed by atoms with Crippen LogP contribution in [0.2, 0.25) is 12.1 Å². The van der Waals surface area contributed by atoms with Crippen LogP contribution in [-0.4, -0.2) is 8.74 Å². The maximum atomic E-state index is 12.5. The molecule has 0 aliphatic carbocycles. The van der Waals surface area contributed by atoms with Crippen LogP contribution < -0.4 is 0 Å². The summed E-state index contributed by atoms with van der Waals surface area (Å²) in [6, 6.07) is 3.28. The van der Waals surface area contributed by atoms with Crippen LogP contribution in [0.3, 0.4) is 0 Å². The summed E-state index contributed by atoms with van der Waals surface area (Å²) >= 11 is 0. The highest BCUT2D eigenvalue weighted by Crippen LogP contribution is 2.27. The Bertz CT molecular complexity index is 198. The van der Waals surface area contributed by atoms with Crippen LogP contribution in [0, 0.1) is 22.7 Å². The second-order valence-electron chi connectivity index (χ2n) is 2.33. The van der Waals surface area contributed by atoms with Crippen molar-refractivity contribution in [3.05, 3.63) is 0 Å². The lowest BCUT2D eigenvalue weighted by Crippen LogP contribution is -2.24. The lowest BCUT2D eigenvalue weighted by molar-refractivity contribution is 0.574. The molecule has 0 heterocycles. The molecule has 0 aliphatic rings. The molecular weight excluding hydrogens is 166 g/mol. The minimum Gasteiger partial charge on any atom is -0.269 e. The highest BCUT2D eigenvalue weighted by Gasteiger charge is 2.39. The van der Waals surface area contributed by atoms with Gasteiger partial charge >= 0.3 is 8.74 Å². The Labute approximate surface area is 65.4 Å². The Hall–Kier alpha value is -0.943. The molecule has 0 saturated heterocycles. The molecule has 0 radical (unpaired) electrons. The smallest absolute Gasteiger partial charge is 0.269 e. The van der Waals surface area contributed by atoms with Crippen LogP contribution >= 0.6 is 0 Å². The molecule has 0 aromatic rings. The Balaban J connectivity index is 4.02. The fourth-order valence-electron chi connectivity index (χ4n) is 0.640. The van der Waals surface area contributed by atoms with E-state index in [9.17, 15) is 8.22 Å². The molecule has 0 saturated carbocycles. The Morgan fingerprint density at radius 1 is 1.45 bits per heavy atom. The van der Waals surface area contributed by atoms with E-state index in [0.29, 0.717) is 0 Å². The van der Waals surface area contributed by atoms with Gasteiger partial charge in [-0.15, -0.1) is 0 Å². The van der Waals surface area contributed by atoms with E-state index in [1.165, 1.54) is 6.07 Å². The van der Waals surface area contributed by atoms with Gasteiger partial charge in [-0.05, 0) is 13.0 Å². The van der Waals surface area contributed by atoms with Crippen LogP contribution in [0.4, 0.5) is 8.22 Å². The molecule has 0 aliphatic heterocycles. The van der Waals surface area contributed by atoms with Crippen molar-refractivity contribution in [1.82, 2.24) is 0 Å². The highest BCUT2D eigenvalue weighted by molar-refractivity contribution is 6.67. The first kappa shape index (κ1) is 10.1. The lowest BCUT2D eigenvalue weighted by atomic mass is 10.2. The number of rotatable bonds is 3. The molecule has 0 bridgehead atoms. The summed E-state index contributed by atoms with van der Waals surface area (Å²) in [7, 11) is -4.34. The molecule has 1 unspecified atom stereocenters. The van der Waals surface area contributed by atoms with Gasteiger partial charge in [-0.1, -0.05) is 0 Å². The minimum absolute atomic E-state index is 0.00270. The summed E-state index contributed by atoms with van der Waals surface area (Å²) in [6.07, 6.45) is 0.0391. The van der Waals surface area contributed by atoms with E-state index in [2.05, 4.69) is 0 Å². The highest BCUT2D eigenvalue weighted by atomic mass is 28.4. The number of nitriles is 2. The summed E-state index contributed by atoms with van der Waals surface area (Å²) in [5.74, 6) is 0. The normalized spacial score (nSPS) is 13.2. The predicted octanol–water partition coefficient (Wildman–Crippen LogP) is 2.19. The monoisotopic (exact) mass is 174 g/mol. The van der Waals surface area contributed by atoms with Crippen molar-refractivity contribution in [1.29, 1.82) is 10.5 Å². The van der Waals surface area contributed by atoms with Crippen LogP contribution in [-0.2, 0) is 0 Å². The van der Waals surface area contributed by atoms with Crippen molar-refractivity contribution in [3.63, 3.8) is 0 Å². The van der Waals surface area contributed by atoms with Crippen molar-refractivity contribution in [3.8, 4) is 12.1 Å². The zero-order chi connectivity index (χ0) is 8.91.